The molecule has 1 amide bonds. The molecule has 112 valence electrons. The average Bonchev–Trinajstić information content (AvgIpc) is 2.60. The van der Waals surface area contributed by atoms with E-state index in [9.17, 15) is 4.79 Å². The van der Waals surface area contributed by atoms with E-state index in [0.717, 1.165) is 13.1 Å². The molecular formula is C15H30N2OS. The molecule has 2 N–H and O–H groups in total. The molecule has 0 saturated heterocycles. The SMILES string of the molecule is CC(C)(C)SCC(=O)NCCNC1CCCCCC1. The second-order valence-electron chi connectivity index (χ2n) is 6.39. The largest absolute Gasteiger partial charge is 0.354 e. The zero-order valence-corrected chi connectivity index (χ0v) is 13.6. The van der Waals surface area contributed by atoms with Crippen LogP contribution < -0.4 is 10.6 Å². The quantitative estimate of drug-likeness (QED) is 0.582. The Morgan fingerprint density at radius 3 is 2.32 bits per heavy atom. The molecule has 1 saturated carbocycles. The van der Waals surface area contributed by atoms with Gasteiger partial charge in [0.05, 0.1) is 5.75 Å². The number of hydrogen-bond acceptors (Lipinski definition) is 3. The van der Waals surface area contributed by atoms with Gasteiger partial charge in [-0.3, -0.25) is 4.79 Å². The molecule has 19 heavy (non-hydrogen) atoms. The predicted octanol–water partition coefficient (Wildman–Crippen LogP) is 2.95. The number of amides is 1. The van der Waals surface area contributed by atoms with E-state index >= 15 is 0 Å². The van der Waals surface area contributed by atoms with Crippen molar-refractivity contribution >= 4 is 17.7 Å². The van der Waals surface area contributed by atoms with Gasteiger partial charge in [0, 0.05) is 23.9 Å². The zero-order valence-electron chi connectivity index (χ0n) is 12.8. The highest BCUT2D eigenvalue weighted by molar-refractivity contribution is 8.01. The Balaban J connectivity index is 2.01. The van der Waals surface area contributed by atoms with E-state index < -0.39 is 0 Å². The van der Waals surface area contributed by atoms with Crippen LogP contribution >= 0.6 is 11.8 Å². The van der Waals surface area contributed by atoms with Crippen LogP contribution in [0.15, 0.2) is 0 Å². The van der Waals surface area contributed by atoms with E-state index in [1.165, 1.54) is 38.5 Å². The molecular weight excluding hydrogens is 256 g/mol. The summed E-state index contributed by atoms with van der Waals surface area (Å²) in [5, 5.41) is 6.56. The molecule has 1 aliphatic rings. The topological polar surface area (TPSA) is 41.1 Å². The molecule has 4 heteroatoms. The van der Waals surface area contributed by atoms with Crippen molar-refractivity contribution in [2.24, 2.45) is 0 Å². The standard InChI is InChI=1S/C15H30N2OS/c1-15(2,3)19-12-14(18)17-11-10-16-13-8-6-4-5-7-9-13/h13,16H,4-12H2,1-3H3,(H,17,18). The van der Waals surface area contributed by atoms with Crippen LogP contribution in [0.2, 0.25) is 0 Å². The second-order valence-corrected chi connectivity index (χ2v) is 8.20. The molecule has 3 nitrogen and oxygen atoms in total. The highest BCUT2D eigenvalue weighted by Gasteiger charge is 2.13. The summed E-state index contributed by atoms with van der Waals surface area (Å²) < 4.78 is 0.163. The van der Waals surface area contributed by atoms with Gasteiger partial charge in [0.25, 0.3) is 0 Å². The average molecular weight is 286 g/mol. The van der Waals surface area contributed by atoms with Crippen LogP contribution in [-0.4, -0.2) is 35.5 Å². The Hall–Kier alpha value is -0.220. The maximum atomic E-state index is 11.6. The predicted molar refractivity (Wildman–Crippen MR) is 84.7 cm³/mol. The van der Waals surface area contributed by atoms with Gasteiger partial charge in [-0.1, -0.05) is 46.5 Å². The normalized spacial score (nSPS) is 18.1. The van der Waals surface area contributed by atoms with Gasteiger partial charge in [0.2, 0.25) is 5.91 Å². The first-order valence-electron chi connectivity index (χ1n) is 7.61. The fourth-order valence-electron chi connectivity index (χ4n) is 2.29. The summed E-state index contributed by atoms with van der Waals surface area (Å²) >= 11 is 1.70. The first kappa shape index (κ1) is 16.8. The number of hydrogen-bond donors (Lipinski definition) is 2. The van der Waals surface area contributed by atoms with Gasteiger partial charge >= 0.3 is 0 Å². The van der Waals surface area contributed by atoms with Crippen LogP contribution in [0.3, 0.4) is 0 Å². The molecule has 1 aliphatic carbocycles. The summed E-state index contributed by atoms with van der Waals surface area (Å²) in [5.74, 6) is 0.718. The molecule has 0 aromatic carbocycles. The van der Waals surface area contributed by atoms with Crippen LogP contribution in [0.25, 0.3) is 0 Å². The lowest BCUT2D eigenvalue weighted by Gasteiger charge is -2.18. The molecule has 1 rings (SSSR count). The van der Waals surface area contributed by atoms with Gasteiger partial charge in [0.1, 0.15) is 0 Å². The van der Waals surface area contributed by atoms with Crippen molar-refractivity contribution in [1.29, 1.82) is 0 Å². The molecule has 0 heterocycles. The fraction of sp³-hybridized carbons (Fsp3) is 0.933. The van der Waals surface area contributed by atoms with E-state index in [2.05, 4.69) is 31.4 Å². The minimum atomic E-state index is 0.155. The minimum Gasteiger partial charge on any atom is -0.354 e. The monoisotopic (exact) mass is 286 g/mol. The summed E-state index contributed by atoms with van der Waals surface area (Å²) in [6.07, 6.45) is 8.08. The highest BCUT2D eigenvalue weighted by Crippen LogP contribution is 2.22. The van der Waals surface area contributed by atoms with E-state index in [4.69, 9.17) is 0 Å². The number of nitrogens with one attached hydrogen (secondary N) is 2. The van der Waals surface area contributed by atoms with Crippen molar-refractivity contribution < 1.29 is 4.79 Å². The third-order valence-electron chi connectivity index (χ3n) is 3.37. The first-order chi connectivity index (χ1) is 8.97. The Bertz CT molecular complexity index is 255. The molecule has 0 unspecified atom stereocenters. The van der Waals surface area contributed by atoms with Crippen LogP contribution in [0.4, 0.5) is 0 Å². The molecule has 1 fully saturated rings. The lowest BCUT2D eigenvalue weighted by molar-refractivity contribution is -0.118. The molecule has 0 atom stereocenters. The molecule has 0 aromatic rings. The van der Waals surface area contributed by atoms with Crippen molar-refractivity contribution in [2.45, 2.75) is 70.1 Å². The van der Waals surface area contributed by atoms with Crippen LogP contribution in [0, 0.1) is 0 Å². The first-order valence-corrected chi connectivity index (χ1v) is 8.60. The van der Waals surface area contributed by atoms with Gasteiger partial charge in [-0.15, -0.1) is 11.8 Å². The van der Waals surface area contributed by atoms with Gasteiger partial charge in [0.15, 0.2) is 0 Å². The highest BCUT2D eigenvalue weighted by atomic mass is 32.2. The van der Waals surface area contributed by atoms with E-state index in [1.54, 1.807) is 11.8 Å². The molecule has 0 aromatic heterocycles. The van der Waals surface area contributed by atoms with E-state index in [1.807, 2.05) is 0 Å². The Morgan fingerprint density at radius 2 is 1.74 bits per heavy atom. The Kier molecular flexibility index (Phi) is 7.84. The van der Waals surface area contributed by atoms with Crippen molar-refractivity contribution in [3.8, 4) is 0 Å². The zero-order chi connectivity index (χ0) is 14.1. The third kappa shape index (κ3) is 9.33. The minimum absolute atomic E-state index is 0.155. The fourth-order valence-corrected chi connectivity index (χ4v) is 2.96. The van der Waals surface area contributed by atoms with E-state index in [0.29, 0.717) is 11.8 Å². The number of carbonyl (C=O) groups is 1. The molecule has 0 spiro atoms. The van der Waals surface area contributed by atoms with Gasteiger partial charge in [-0.25, -0.2) is 0 Å². The number of thioether (sulfide) groups is 1. The summed E-state index contributed by atoms with van der Waals surface area (Å²) in [6.45, 7) is 8.06. The Labute approximate surface area is 122 Å². The third-order valence-corrected chi connectivity index (χ3v) is 4.64. The lowest BCUT2D eigenvalue weighted by atomic mass is 10.1. The molecule has 0 aliphatic heterocycles. The van der Waals surface area contributed by atoms with Crippen molar-refractivity contribution in [1.82, 2.24) is 10.6 Å². The summed E-state index contributed by atoms with van der Waals surface area (Å²) in [6, 6.07) is 0.670. The summed E-state index contributed by atoms with van der Waals surface area (Å²) in [5.41, 5.74) is 0. The smallest absolute Gasteiger partial charge is 0.230 e. The van der Waals surface area contributed by atoms with E-state index in [-0.39, 0.29) is 10.7 Å². The molecule has 0 bridgehead atoms. The summed E-state index contributed by atoms with van der Waals surface area (Å²) in [7, 11) is 0. The van der Waals surface area contributed by atoms with Crippen molar-refractivity contribution in [3.63, 3.8) is 0 Å². The van der Waals surface area contributed by atoms with Crippen LogP contribution in [-0.2, 0) is 4.79 Å². The van der Waals surface area contributed by atoms with Crippen molar-refractivity contribution in [2.75, 3.05) is 18.8 Å². The second kappa shape index (κ2) is 8.85. The van der Waals surface area contributed by atoms with Crippen molar-refractivity contribution in [3.05, 3.63) is 0 Å². The van der Waals surface area contributed by atoms with Gasteiger partial charge in [-0.05, 0) is 12.8 Å². The maximum Gasteiger partial charge on any atom is 0.230 e. The number of carbonyl (C=O) groups excluding carboxylic acids is 1. The lowest BCUT2D eigenvalue weighted by Crippen LogP contribution is -2.37. The van der Waals surface area contributed by atoms with Gasteiger partial charge < -0.3 is 10.6 Å². The van der Waals surface area contributed by atoms with Crippen LogP contribution in [0.1, 0.15) is 59.3 Å². The van der Waals surface area contributed by atoms with Gasteiger partial charge in [-0.2, -0.15) is 0 Å². The maximum absolute atomic E-state index is 11.6. The van der Waals surface area contributed by atoms with Crippen LogP contribution in [0.5, 0.6) is 0 Å². The number of rotatable bonds is 6. The Morgan fingerprint density at radius 1 is 1.11 bits per heavy atom. The molecule has 0 radical (unpaired) electrons. The summed E-state index contributed by atoms with van der Waals surface area (Å²) in [4.78, 5) is 11.6.